The summed E-state index contributed by atoms with van der Waals surface area (Å²) in [6.07, 6.45) is -4.18. The summed E-state index contributed by atoms with van der Waals surface area (Å²) in [5.74, 6) is -0.692. The normalized spacial score (nSPS) is 12.8. The van der Waals surface area contributed by atoms with Crippen LogP contribution in [-0.4, -0.2) is 23.5 Å². The van der Waals surface area contributed by atoms with Crippen molar-refractivity contribution in [2.75, 3.05) is 12.1 Å². The van der Waals surface area contributed by atoms with Crippen LogP contribution in [0.4, 0.5) is 18.9 Å². The van der Waals surface area contributed by atoms with Crippen LogP contribution in [0.15, 0.2) is 35.5 Å². The number of nitrogens with one attached hydrogen (secondary N) is 1. The Balaban J connectivity index is 2.39. The third-order valence-corrected chi connectivity index (χ3v) is 5.64. The number of aryl methyl sites for hydroxylation is 1. The van der Waals surface area contributed by atoms with Crippen LogP contribution in [0.25, 0.3) is 0 Å². The first-order valence-corrected chi connectivity index (χ1v) is 11.3. The van der Waals surface area contributed by atoms with Crippen LogP contribution >= 0.6 is 19.6 Å². The van der Waals surface area contributed by atoms with Gasteiger partial charge in [0.15, 0.2) is 5.71 Å². The molecule has 0 saturated heterocycles. The van der Waals surface area contributed by atoms with E-state index in [2.05, 4.69) is 5.16 Å². The number of esters is 1. The maximum atomic E-state index is 12.9. The Morgan fingerprint density at radius 1 is 1.21 bits per heavy atom. The van der Waals surface area contributed by atoms with Crippen LogP contribution in [0, 0.1) is 0 Å². The van der Waals surface area contributed by atoms with Gasteiger partial charge in [-0.3, -0.25) is 15.3 Å². The van der Waals surface area contributed by atoms with Gasteiger partial charge in [0, 0.05) is 0 Å². The lowest BCUT2D eigenvalue weighted by atomic mass is 10.1. The zero-order chi connectivity index (χ0) is 24.8. The van der Waals surface area contributed by atoms with E-state index in [0.29, 0.717) is 12.0 Å². The maximum absolute atomic E-state index is 12.9. The van der Waals surface area contributed by atoms with Crippen LogP contribution in [0.1, 0.15) is 31.9 Å². The first kappa shape index (κ1) is 26.5. The maximum Gasteiger partial charge on any atom is 0.416 e. The number of carbonyl (C=O) groups is 1. The molecular weight excluding hydrogens is 488 g/mol. The standard InChI is InChI=1S/C20H21ClF3N2O6P/c1-4-12-8-15(25-28)18(33(29)32-26-11(3)19(27)30-5-2)10-17(12)31-16-7-6-13(9-14(16)21)20(22,23)24/h6-10,25,28,33H,4-5H2,1-3H3. The minimum atomic E-state index is -4.57. The Bertz CT molecular complexity index is 1080. The summed E-state index contributed by atoms with van der Waals surface area (Å²) in [5, 5.41) is 12.6. The first-order valence-electron chi connectivity index (χ1n) is 9.56. The first-order chi connectivity index (χ1) is 15.5. The van der Waals surface area contributed by atoms with E-state index in [1.807, 2.05) is 5.48 Å². The molecule has 2 aromatic rings. The molecule has 180 valence electrons. The number of rotatable bonds is 9. The molecule has 0 fully saturated rings. The number of nitrogens with zero attached hydrogens (tertiary/aromatic N) is 1. The van der Waals surface area contributed by atoms with Crippen molar-refractivity contribution in [2.24, 2.45) is 5.16 Å². The van der Waals surface area contributed by atoms with Gasteiger partial charge in [0.25, 0.3) is 8.03 Å². The van der Waals surface area contributed by atoms with Crippen molar-refractivity contribution in [1.82, 2.24) is 0 Å². The number of halogens is 4. The molecule has 0 aliphatic carbocycles. The molecule has 13 heteroatoms. The number of benzene rings is 2. The molecule has 0 amide bonds. The molecule has 1 unspecified atom stereocenters. The van der Waals surface area contributed by atoms with Crippen molar-refractivity contribution in [2.45, 2.75) is 33.4 Å². The van der Waals surface area contributed by atoms with Crippen LogP contribution in [0.3, 0.4) is 0 Å². The van der Waals surface area contributed by atoms with Crippen LogP contribution < -0.4 is 15.5 Å². The largest absolute Gasteiger partial charge is 0.461 e. The van der Waals surface area contributed by atoms with Gasteiger partial charge in [-0.1, -0.05) is 23.7 Å². The Kier molecular flexibility index (Phi) is 9.16. The van der Waals surface area contributed by atoms with E-state index in [1.165, 1.54) is 19.1 Å². The number of hydrogen-bond acceptors (Lipinski definition) is 8. The molecule has 2 N–H and O–H groups in total. The van der Waals surface area contributed by atoms with E-state index >= 15 is 0 Å². The van der Waals surface area contributed by atoms with Gasteiger partial charge < -0.3 is 14.1 Å². The fourth-order valence-electron chi connectivity index (χ4n) is 2.57. The van der Waals surface area contributed by atoms with Gasteiger partial charge in [-0.15, -0.1) is 0 Å². The Morgan fingerprint density at radius 3 is 2.45 bits per heavy atom. The van der Waals surface area contributed by atoms with Crippen molar-refractivity contribution < 1.29 is 41.8 Å². The van der Waals surface area contributed by atoms with Gasteiger partial charge in [-0.05, 0) is 56.2 Å². The third-order valence-electron chi connectivity index (χ3n) is 4.24. The average Bonchev–Trinajstić information content (AvgIpc) is 2.77. The molecule has 0 aromatic heterocycles. The van der Waals surface area contributed by atoms with Gasteiger partial charge in [-0.2, -0.15) is 13.2 Å². The average molecular weight is 509 g/mol. The number of carbonyl (C=O) groups excluding carboxylic acids is 1. The van der Waals surface area contributed by atoms with E-state index in [4.69, 9.17) is 25.7 Å². The number of ether oxygens (including phenoxy) is 2. The number of alkyl halides is 3. The molecule has 2 rings (SSSR count). The molecule has 0 aliphatic rings. The van der Waals surface area contributed by atoms with Crippen LogP contribution in [0.5, 0.6) is 11.5 Å². The topological polar surface area (TPSA) is 106 Å². The van der Waals surface area contributed by atoms with Gasteiger partial charge >= 0.3 is 12.1 Å². The molecule has 0 radical (unpaired) electrons. The Labute approximate surface area is 193 Å². The van der Waals surface area contributed by atoms with Gasteiger partial charge in [0.1, 0.15) is 11.5 Å². The Hall–Kier alpha value is -2.75. The molecule has 2 aromatic carbocycles. The summed E-state index contributed by atoms with van der Waals surface area (Å²) in [4.78, 5) is 11.6. The van der Waals surface area contributed by atoms with Gasteiger partial charge in [0.2, 0.25) is 0 Å². The second kappa shape index (κ2) is 11.4. The summed E-state index contributed by atoms with van der Waals surface area (Å²) in [6.45, 7) is 4.79. The lowest BCUT2D eigenvalue weighted by Gasteiger charge is -2.16. The van der Waals surface area contributed by atoms with Crippen molar-refractivity contribution in [3.05, 3.63) is 46.5 Å². The fourth-order valence-corrected chi connectivity index (χ4v) is 3.70. The second-order valence-corrected chi connectivity index (χ2v) is 8.20. The summed E-state index contributed by atoms with van der Waals surface area (Å²) in [5.41, 5.74) is 1.35. The molecule has 1 atom stereocenters. The van der Waals surface area contributed by atoms with Crippen LogP contribution in [0.2, 0.25) is 5.02 Å². The van der Waals surface area contributed by atoms with E-state index in [1.54, 1.807) is 13.8 Å². The molecule has 8 nitrogen and oxygen atoms in total. The highest BCUT2D eigenvalue weighted by molar-refractivity contribution is 7.48. The SMILES string of the molecule is CCOC(=O)C(C)=NO[PH](=O)c1cc(Oc2ccc(C(F)(F)F)cc2Cl)c(CC)cc1NO. The highest BCUT2D eigenvalue weighted by Crippen LogP contribution is 2.39. The van der Waals surface area contributed by atoms with Gasteiger partial charge in [-0.25, -0.2) is 4.79 Å². The third kappa shape index (κ3) is 6.86. The molecule has 0 spiro atoms. The van der Waals surface area contributed by atoms with E-state index < -0.39 is 25.7 Å². The highest BCUT2D eigenvalue weighted by Gasteiger charge is 2.31. The van der Waals surface area contributed by atoms with E-state index in [0.717, 1.165) is 18.2 Å². The minimum absolute atomic E-state index is 0.0330. The van der Waals surface area contributed by atoms with Crippen molar-refractivity contribution in [1.29, 1.82) is 0 Å². The van der Waals surface area contributed by atoms with Crippen LogP contribution in [-0.2, 0) is 31.3 Å². The molecule has 0 bridgehead atoms. The number of anilines is 1. The van der Waals surface area contributed by atoms with Crippen molar-refractivity contribution in [3.63, 3.8) is 0 Å². The zero-order valence-corrected chi connectivity index (χ0v) is 19.5. The van der Waals surface area contributed by atoms with Crippen molar-refractivity contribution >= 4 is 42.3 Å². The lowest BCUT2D eigenvalue weighted by Crippen LogP contribution is -2.14. The Morgan fingerprint density at radius 2 is 1.91 bits per heavy atom. The fraction of sp³-hybridized carbons (Fsp3) is 0.300. The molecule has 0 saturated carbocycles. The summed E-state index contributed by atoms with van der Waals surface area (Å²) in [7, 11) is -3.15. The molecular formula is C20H21ClF3N2O6P. The quantitative estimate of drug-likeness (QED) is 0.197. The monoisotopic (exact) mass is 508 g/mol. The highest BCUT2D eigenvalue weighted by atomic mass is 35.5. The van der Waals surface area contributed by atoms with E-state index in [-0.39, 0.29) is 39.8 Å². The summed E-state index contributed by atoms with van der Waals surface area (Å²) < 4.78 is 66.7. The summed E-state index contributed by atoms with van der Waals surface area (Å²) >= 11 is 5.96. The molecule has 33 heavy (non-hydrogen) atoms. The predicted octanol–water partition coefficient (Wildman–Crippen LogP) is 5.57. The molecule has 0 heterocycles. The minimum Gasteiger partial charge on any atom is -0.461 e. The van der Waals surface area contributed by atoms with Gasteiger partial charge in [0.05, 0.1) is 28.2 Å². The lowest BCUT2D eigenvalue weighted by molar-refractivity contribution is -0.137. The zero-order valence-electron chi connectivity index (χ0n) is 17.7. The van der Waals surface area contributed by atoms with Crippen molar-refractivity contribution in [3.8, 4) is 11.5 Å². The summed E-state index contributed by atoms with van der Waals surface area (Å²) in [6, 6.07) is 5.31. The predicted molar refractivity (Wildman–Crippen MR) is 117 cm³/mol. The second-order valence-electron chi connectivity index (χ2n) is 6.49. The van der Waals surface area contributed by atoms with E-state index in [9.17, 15) is 27.7 Å². The number of oxime groups is 1. The number of hydrogen-bond donors (Lipinski definition) is 2. The smallest absolute Gasteiger partial charge is 0.416 e. The molecule has 0 aliphatic heterocycles.